The molecule has 4 rings (SSSR count). The molecule has 4 aromatic rings. The van der Waals surface area contributed by atoms with Crippen LogP contribution in [0.4, 0.5) is 5.82 Å². The number of anilines is 1. The molecule has 0 atom stereocenters. The number of halogens is 1. The molecule has 0 fully saturated rings. The summed E-state index contributed by atoms with van der Waals surface area (Å²) in [4.78, 5) is 12.4. The van der Waals surface area contributed by atoms with Crippen LogP contribution in [0, 0.1) is 0 Å². The number of nitrogens with zero attached hydrogens (tertiary/aromatic N) is 2. The van der Waals surface area contributed by atoms with E-state index in [0.29, 0.717) is 34.1 Å². The van der Waals surface area contributed by atoms with Crippen LogP contribution in [0.1, 0.15) is 25.0 Å². The molecule has 0 unspecified atom stereocenters. The van der Waals surface area contributed by atoms with Crippen molar-refractivity contribution in [3.05, 3.63) is 70.1 Å². The number of hydrogen-bond acceptors (Lipinski definition) is 7. The van der Waals surface area contributed by atoms with Crippen LogP contribution in [-0.2, 0) is 27.9 Å². The highest BCUT2D eigenvalue weighted by Crippen LogP contribution is 2.35. The van der Waals surface area contributed by atoms with Gasteiger partial charge in [0.05, 0.1) is 34.4 Å². The molecule has 3 N–H and O–H groups in total. The van der Waals surface area contributed by atoms with Crippen LogP contribution in [0.25, 0.3) is 10.9 Å². The maximum atomic E-state index is 13.0. The van der Waals surface area contributed by atoms with Crippen LogP contribution in [0.5, 0.6) is 5.75 Å². The van der Waals surface area contributed by atoms with E-state index in [2.05, 4.69) is 20.5 Å². The van der Waals surface area contributed by atoms with Gasteiger partial charge in [-0.2, -0.15) is 5.10 Å². The number of benzene rings is 2. The van der Waals surface area contributed by atoms with E-state index in [1.165, 1.54) is 19.2 Å². The third kappa shape index (κ3) is 5.90. The summed E-state index contributed by atoms with van der Waals surface area (Å²) in [5.74, 6) is 0.554. The van der Waals surface area contributed by atoms with Crippen LogP contribution in [0.15, 0.2) is 58.8 Å². The van der Waals surface area contributed by atoms with Crippen LogP contribution in [0.2, 0.25) is 4.34 Å². The van der Waals surface area contributed by atoms with Gasteiger partial charge in [-0.1, -0.05) is 41.9 Å². The molecule has 2 aromatic carbocycles. The smallest absolute Gasteiger partial charge is 0.272 e. The Hall–Kier alpha value is -3.12. The molecule has 9 nitrogen and oxygen atoms in total. The molecule has 2 heterocycles. The van der Waals surface area contributed by atoms with Gasteiger partial charge >= 0.3 is 0 Å². The summed E-state index contributed by atoms with van der Waals surface area (Å²) in [6.07, 6.45) is 0. The Bertz CT molecular complexity index is 1550. The van der Waals surface area contributed by atoms with Crippen molar-refractivity contribution < 1.29 is 17.9 Å². The summed E-state index contributed by atoms with van der Waals surface area (Å²) in [6, 6.07) is 16.2. The SMILES string of the molecule is CNC(C)(C)C(=O)NCc1cccc(Cn2nc(NS(=O)(=O)c3ccc(Cl)s3)c3c(OC)cccc32)c1. The lowest BCUT2D eigenvalue weighted by atomic mass is 10.0. The lowest BCUT2D eigenvalue weighted by Crippen LogP contribution is -2.50. The van der Waals surface area contributed by atoms with Crippen molar-refractivity contribution in [1.82, 2.24) is 20.4 Å². The number of nitrogens with one attached hydrogen (secondary N) is 3. The van der Waals surface area contributed by atoms with Crippen molar-refractivity contribution in [3.63, 3.8) is 0 Å². The summed E-state index contributed by atoms with van der Waals surface area (Å²) in [7, 11) is -0.630. The minimum Gasteiger partial charge on any atom is -0.496 e. The molecule has 0 saturated heterocycles. The van der Waals surface area contributed by atoms with Crippen molar-refractivity contribution in [2.45, 2.75) is 36.7 Å². The zero-order chi connectivity index (χ0) is 26.8. The first kappa shape index (κ1) is 26.9. The first-order valence-corrected chi connectivity index (χ1v) is 14.1. The van der Waals surface area contributed by atoms with E-state index in [1.54, 1.807) is 17.8 Å². The fourth-order valence-corrected chi connectivity index (χ4v) is 6.20. The second kappa shape index (κ2) is 10.7. The number of aromatic nitrogens is 2. The van der Waals surface area contributed by atoms with E-state index in [1.807, 2.05) is 50.2 Å². The third-order valence-corrected chi connectivity index (χ3v) is 9.04. The monoisotopic (exact) mass is 561 g/mol. The van der Waals surface area contributed by atoms with Gasteiger partial charge in [0.1, 0.15) is 9.96 Å². The third-order valence-electron chi connectivity index (χ3n) is 5.97. The number of ether oxygens (including phenoxy) is 1. The van der Waals surface area contributed by atoms with Gasteiger partial charge in [0, 0.05) is 6.54 Å². The summed E-state index contributed by atoms with van der Waals surface area (Å²) < 4.78 is 36.3. The summed E-state index contributed by atoms with van der Waals surface area (Å²) in [5.41, 5.74) is 1.90. The highest BCUT2D eigenvalue weighted by Gasteiger charge is 2.25. The first-order valence-electron chi connectivity index (χ1n) is 11.4. The molecule has 0 aliphatic rings. The van der Waals surface area contributed by atoms with Crippen molar-refractivity contribution in [2.75, 3.05) is 18.9 Å². The molecular weight excluding hydrogens is 534 g/mol. The van der Waals surface area contributed by atoms with E-state index in [9.17, 15) is 13.2 Å². The number of fused-ring (bicyclic) bond motifs is 1. The molecule has 0 spiro atoms. The Kier molecular flexibility index (Phi) is 7.79. The Morgan fingerprint density at radius 1 is 1.14 bits per heavy atom. The van der Waals surface area contributed by atoms with Gasteiger partial charge < -0.3 is 15.4 Å². The quantitative estimate of drug-likeness (QED) is 0.267. The fraction of sp³-hybridized carbons (Fsp3) is 0.280. The summed E-state index contributed by atoms with van der Waals surface area (Å²) in [6.45, 7) is 4.38. The molecule has 12 heteroatoms. The number of carbonyl (C=O) groups excluding carboxylic acids is 1. The second-order valence-corrected chi connectivity index (χ2v) is 12.5. The Morgan fingerprint density at radius 3 is 2.54 bits per heavy atom. The number of likely N-dealkylation sites (N-methyl/N-ethyl adjacent to an activating group) is 1. The van der Waals surface area contributed by atoms with Gasteiger partial charge in [0.2, 0.25) is 5.91 Å². The number of thiophene rings is 1. The summed E-state index contributed by atoms with van der Waals surface area (Å²) >= 11 is 6.91. The van der Waals surface area contributed by atoms with Gasteiger partial charge in [-0.3, -0.25) is 14.2 Å². The Morgan fingerprint density at radius 2 is 1.86 bits per heavy atom. The lowest BCUT2D eigenvalue weighted by molar-refractivity contribution is -0.126. The molecule has 0 radical (unpaired) electrons. The van der Waals surface area contributed by atoms with E-state index in [4.69, 9.17) is 16.3 Å². The number of sulfonamides is 1. The standard InChI is InChI=1S/C25H28ClN5O4S2/c1-25(2,27-3)24(32)28-14-16-7-5-8-17(13-16)15-31-18-9-6-10-19(35-4)22(18)23(29-31)30-37(33,34)21-12-11-20(26)36-21/h5-13,27H,14-15H2,1-4H3,(H,28,32)(H,29,30). The molecule has 196 valence electrons. The molecule has 0 aliphatic carbocycles. The maximum Gasteiger partial charge on any atom is 0.272 e. The van der Waals surface area contributed by atoms with Gasteiger partial charge in [0.15, 0.2) is 5.82 Å². The van der Waals surface area contributed by atoms with E-state index in [-0.39, 0.29) is 15.9 Å². The highest BCUT2D eigenvalue weighted by molar-refractivity contribution is 7.94. The van der Waals surface area contributed by atoms with Crippen LogP contribution >= 0.6 is 22.9 Å². The lowest BCUT2D eigenvalue weighted by Gasteiger charge is -2.22. The minimum absolute atomic E-state index is 0.0892. The predicted octanol–water partition coefficient (Wildman–Crippen LogP) is 4.22. The zero-order valence-corrected chi connectivity index (χ0v) is 23.2. The maximum absolute atomic E-state index is 13.0. The van der Waals surface area contributed by atoms with Crippen LogP contribution in [0.3, 0.4) is 0 Å². The van der Waals surface area contributed by atoms with Crippen LogP contribution in [-0.4, -0.2) is 43.8 Å². The largest absolute Gasteiger partial charge is 0.496 e. The number of amides is 1. The second-order valence-electron chi connectivity index (χ2n) is 8.90. The Labute approximate surface area is 224 Å². The van der Waals surface area contributed by atoms with Crippen molar-refractivity contribution >= 4 is 55.6 Å². The molecular formula is C25H28ClN5O4S2. The van der Waals surface area contributed by atoms with Crippen LogP contribution < -0.4 is 20.1 Å². The first-order chi connectivity index (χ1) is 17.5. The van der Waals surface area contributed by atoms with Crippen molar-refractivity contribution in [1.29, 1.82) is 0 Å². The van der Waals surface area contributed by atoms with E-state index < -0.39 is 15.6 Å². The topological polar surface area (TPSA) is 114 Å². The van der Waals surface area contributed by atoms with Gasteiger partial charge in [-0.25, -0.2) is 8.42 Å². The molecule has 0 saturated carbocycles. The normalized spacial score (nSPS) is 12.0. The minimum atomic E-state index is -3.90. The fourth-order valence-electron chi connectivity index (χ4n) is 3.71. The predicted molar refractivity (Wildman–Crippen MR) is 147 cm³/mol. The molecule has 37 heavy (non-hydrogen) atoms. The number of methoxy groups -OCH3 is 1. The average molecular weight is 562 g/mol. The van der Waals surface area contributed by atoms with E-state index in [0.717, 1.165) is 22.5 Å². The van der Waals surface area contributed by atoms with Gasteiger partial charge in [-0.05, 0) is 56.3 Å². The number of hydrogen-bond donors (Lipinski definition) is 3. The van der Waals surface area contributed by atoms with Gasteiger partial charge in [0.25, 0.3) is 10.0 Å². The Balaban J connectivity index is 1.63. The van der Waals surface area contributed by atoms with Gasteiger partial charge in [-0.15, -0.1) is 11.3 Å². The molecule has 1 amide bonds. The molecule has 0 aliphatic heterocycles. The highest BCUT2D eigenvalue weighted by atomic mass is 35.5. The molecule has 2 aromatic heterocycles. The number of rotatable bonds is 10. The number of carbonyl (C=O) groups is 1. The summed E-state index contributed by atoms with van der Waals surface area (Å²) in [5, 5.41) is 11.1. The molecule has 0 bridgehead atoms. The average Bonchev–Trinajstić information content (AvgIpc) is 3.46. The van der Waals surface area contributed by atoms with E-state index >= 15 is 0 Å². The van der Waals surface area contributed by atoms with Crippen molar-refractivity contribution in [3.8, 4) is 5.75 Å². The van der Waals surface area contributed by atoms with Crippen molar-refractivity contribution in [2.24, 2.45) is 0 Å². The zero-order valence-electron chi connectivity index (χ0n) is 20.8.